The van der Waals surface area contributed by atoms with E-state index in [1.54, 1.807) is 13.0 Å². The molecule has 0 bridgehead atoms. The van der Waals surface area contributed by atoms with Crippen LogP contribution in [0, 0.1) is 0 Å². The molecule has 5 nitrogen and oxygen atoms in total. The zero-order valence-electron chi connectivity index (χ0n) is 11.4. The van der Waals surface area contributed by atoms with Crippen LogP contribution in [0.3, 0.4) is 0 Å². The van der Waals surface area contributed by atoms with Gasteiger partial charge in [-0.2, -0.15) is 0 Å². The lowest BCUT2D eigenvalue weighted by Crippen LogP contribution is -2.62. The van der Waals surface area contributed by atoms with E-state index in [1.165, 1.54) is 0 Å². The number of ether oxygens (including phenoxy) is 1. The molecule has 0 aromatic heterocycles. The van der Waals surface area contributed by atoms with E-state index in [9.17, 15) is 9.59 Å². The van der Waals surface area contributed by atoms with Crippen LogP contribution in [0.25, 0.3) is 0 Å². The van der Waals surface area contributed by atoms with Gasteiger partial charge in [-0.3, -0.25) is 9.59 Å². The molecule has 0 radical (unpaired) electrons. The van der Waals surface area contributed by atoms with E-state index >= 15 is 0 Å². The molecule has 1 aliphatic rings. The second-order valence-corrected chi connectivity index (χ2v) is 4.79. The third-order valence-corrected chi connectivity index (χ3v) is 3.43. The van der Waals surface area contributed by atoms with Gasteiger partial charge >= 0.3 is 5.97 Å². The Labute approximate surface area is 112 Å². The predicted octanol–water partition coefficient (Wildman–Crippen LogP) is 1.54. The minimum Gasteiger partial charge on any atom is -0.466 e. The largest absolute Gasteiger partial charge is 0.466 e. The molecule has 1 aliphatic heterocycles. The Morgan fingerprint density at radius 3 is 2.79 bits per heavy atom. The first-order valence-electron chi connectivity index (χ1n) is 6.29. The molecule has 0 aliphatic carbocycles. The Balaban J connectivity index is 2.30. The number of benzene rings is 1. The van der Waals surface area contributed by atoms with Crippen LogP contribution in [-0.2, 0) is 9.53 Å². The summed E-state index contributed by atoms with van der Waals surface area (Å²) in [6.07, 6.45) is 0.109. The van der Waals surface area contributed by atoms with Crippen molar-refractivity contribution in [3.63, 3.8) is 0 Å². The maximum atomic E-state index is 12.1. The highest BCUT2D eigenvalue weighted by Crippen LogP contribution is 2.31. The summed E-state index contributed by atoms with van der Waals surface area (Å²) in [7, 11) is 1.86. The zero-order chi connectivity index (χ0) is 14.0. The second-order valence-electron chi connectivity index (χ2n) is 4.79. The second kappa shape index (κ2) is 4.91. The minimum absolute atomic E-state index is 0.109. The molecule has 1 unspecified atom stereocenters. The summed E-state index contributed by atoms with van der Waals surface area (Å²) < 4.78 is 4.96. The summed E-state index contributed by atoms with van der Waals surface area (Å²) in [5, 5.41) is 2.87. The van der Waals surface area contributed by atoms with Crippen LogP contribution in [0.15, 0.2) is 24.3 Å². The molecule has 0 saturated carbocycles. The van der Waals surface area contributed by atoms with Gasteiger partial charge in [0.05, 0.1) is 24.3 Å². The maximum Gasteiger partial charge on any atom is 0.310 e. The molecule has 0 saturated heterocycles. The molecular weight excluding hydrogens is 244 g/mol. The number of nitrogens with zero attached hydrogens (tertiary/aromatic N) is 1. The van der Waals surface area contributed by atoms with Crippen molar-refractivity contribution in [3.8, 4) is 0 Å². The minimum atomic E-state index is -0.766. The van der Waals surface area contributed by atoms with Crippen LogP contribution < -0.4 is 10.2 Å². The molecule has 102 valence electrons. The third-order valence-electron chi connectivity index (χ3n) is 3.43. The van der Waals surface area contributed by atoms with Crippen molar-refractivity contribution in [2.45, 2.75) is 25.9 Å². The normalized spacial score (nSPS) is 21.6. The number of amides is 1. The van der Waals surface area contributed by atoms with Gasteiger partial charge in [0.15, 0.2) is 0 Å². The summed E-state index contributed by atoms with van der Waals surface area (Å²) in [6.45, 7) is 3.92. The summed E-state index contributed by atoms with van der Waals surface area (Å²) in [4.78, 5) is 25.7. The highest BCUT2D eigenvalue weighted by atomic mass is 16.5. The quantitative estimate of drug-likeness (QED) is 0.839. The summed E-state index contributed by atoms with van der Waals surface area (Å²) >= 11 is 0. The molecule has 0 spiro atoms. The molecule has 19 heavy (non-hydrogen) atoms. The molecule has 1 atom stereocenters. The lowest BCUT2D eigenvalue weighted by molar-refractivity contribution is -0.144. The first kappa shape index (κ1) is 13.4. The van der Waals surface area contributed by atoms with Gasteiger partial charge in [-0.25, -0.2) is 0 Å². The van der Waals surface area contributed by atoms with Crippen molar-refractivity contribution in [2.75, 3.05) is 18.6 Å². The third kappa shape index (κ3) is 2.41. The lowest BCUT2D eigenvalue weighted by Gasteiger charge is -2.44. The van der Waals surface area contributed by atoms with Crippen molar-refractivity contribution in [1.29, 1.82) is 0 Å². The van der Waals surface area contributed by atoms with E-state index in [0.29, 0.717) is 12.2 Å². The van der Waals surface area contributed by atoms with Crippen LogP contribution in [-0.4, -0.2) is 31.2 Å². The first-order valence-corrected chi connectivity index (χ1v) is 6.29. The number of carbonyl (C=O) groups is 2. The number of anilines is 1. The smallest absolute Gasteiger partial charge is 0.310 e. The van der Waals surface area contributed by atoms with Gasteiger partial charge in [-0.15, -0.1) is 0 Å². The van der Waals surface area contributed by atoms with E-state index in [0.717, 1.165) is 5.69 Å². The van der Waals surface area contributed by atoms with E-state index in [4.69, 9.17) is 4.74 Å². The molecule has 2 rings (SSSR count). The molecule has 1 amide bonds. The van der Waals surface area contributed by atoms with Crippen LogP contribution >= 0.6 is 0 Å². The standard InChI is InChI=1S/C14H18N2O3/c1-4-19-12(17)9-14(2)15-13(18)10-7-5-6-8-11(10)16(14)3/h5-8H,4,9H2,1-3H3,(H,15,18). The first-order chi connectivity index (χ1) is 8.98. The Hall–Kier alpha value is -2.04. The van der Waals surface area contributed by atoms with E-state index in [2.05, 4.69) is 5.32 Å². The fourth-order valence-electron chi connectivity index (χ4n) is 2.28. The van der Waals surface area contributed by atoms with Crippen LogP contribution in [0.2, 0.25) is 0 Å². The molecule has 5 heteroatoms. The maximum absolute atomic E-state index is 12.1. The number of carbonyl (C=O) groups excluding carboxylic acids is 2. The van der Waals surface area contributed by atoms with Gasteiger partial charge < -0.3 is 15.0 Å². The fourth-order valence-corrected chi connectivity index (χ4v) is 2.28. The summed E-state index contributed by atoms with van der Waals surface area (Å²) in [5.74, 6) is -0.489. The average molecular weight is 262 g/mol. The van der Waals surface area contributed by atoms with Gasteiger partial charge in [-0.1, -0.05) is 12.1 Å². The van der Waals surface area contributed by atoms with Crippen molar-refractivity contribution in [1.82, 2.24) is 5.32 Å². The van der Waals surface area contributed by atoms with Crippen LogP contribution in [0.1, 0.15) is 30.6 Å². The van der Waals surface area contributed by atoms with Gasteiger partial charge in [0.1, 0.15) is 5.66 Å². The van der Waals surface area contributed by atoms with Crippen LogP contribution in [0.5, 0.6) is 0 Å². The SMILES string of the molecule is CCOC(=O)CC1(C)NC(=O)c2ccccc2N1C. The summed E-state index contributed by atoms with van der Waals surface area (Å²) in [6, 6.07) is 7.33. The summed E-state index contributed by atoms with van der Waals surface area (Å²) in [5.41, 5.74) is 0.668. The Kier molecular flexibility index (Phi) is 3.46. The number of rotatable bonds is 3. The average Bonchev–Trinajstić information content (AvgIpc) is 2.36. The number of nitrogens with one attached hydrogen (secondary N) is 1. The number of esters is 1. The van der Waals surface area contributed by atoms with Crippen molar-refractivity contribution >= 4 is 17.6 Å². The number of hydrogen-bond donors (Lipinski definition) is 1. The number of hydrogen-bond acceptors (Lipinski definition) is 4. The van der Waals surface area contributed by atoms with Crippen LogP contribution in [0.4, 0.5) is 5.69 Å². The van der Waals surface area contributed by atoms with E-state index in [-0.39, 0.29) is 18.3 Å². The molecule has 1 N–H and O–H groups in total. The monoisotopic (exact) mass is 262 g/mol. The van der Waals surface area contributed by atoms with E-state index in [1.807, 2.05) is 37.1 Å². The van der Waals surface area contributed by atoms with Gasteiger partial charge in [0.25, 0.3) is 5.91 Å². The van der Waals surface area contributed by atoms with Gasteiger partial charge in [0, 0.05) is 7.05 Å². The Morgan fingerprint density at radius 1 is 1.42 bits per heavy atom. The molecular formula is C14H18N2O3. The molecule has 1 heterocycles. The Morgan fingerprint density at radius 2 is 2.11 bits per heavy atom. The number of para-hydroxylation sites is 1. The van der Waals surface area contributed by atoms with Crippen molar-refractivity contribution in [2.24, 2.45) is 0 Å². The number of fused-ring (bicyclic) bond motifs is 1. The lowest BCUT2D eigenvalue weighted by atomic mass is 9.98. The molecule has 1 aromatic carbocycles. The van der Waals surface area contributed by atoms with Gasteiger partial charge in [0.2, 0.25) is 0 Å². The molecule has 1 aromatic rings. The van der Waals surface area contributed by atoms with Gasteiger partial charge in [-0.05, 0) is 26.0 Å². The topological polar surface area (TPSA) is 58.6 Å². The predicted molar refractivity (Wildman–Crippen MR) is 72.0 cm³/mol. The van der Waals surface area contributed by atoms with Crippen molar-refractivity contribution < 1.29 is 14.3 Å². The van der Waals surface area contributed by atoms with E-state index < -0.39 is 5.66 Å². The fraction of sp³-hybridized carbons (Fsp3) is 0.429. The highest BCUT2D eigenvalue weighted by Gasteiger charge is 2.40. The zero-order valence-corrected chi connectivity index (χ0v) is 11.4. The highest BCUT2D eigenvalue weighted by molar-refractivity contribution is 6.02. The van der Waals surface area contributed by atoms with Crippen molar-refractivity contribution in [3.05, 3.63) is 29.8 Å². The molecule has 0 fully saturated rings. The Bertz CT molecular complexity index is 515.